The fraction of sp³-hybridized carbons (Fsp3) is 0.538. The highest BCUT2D eigenvalue weighted by molar-refractivity contribution is 9.10. The molecule has 1 aromatic rings. The van der Waals surface area contributed by atoms with Crippen molar-refractivity contribution < 1.29 is 0 Å². The lowest BCUT2D eigenvalue weighted by atomic mass is 9.90. The number of hydrogen-bond donors (Lipinski definition) is 1. The van der Waals surface area contributed by atoms with E-state index < -0.39 is 0 Å². The summed E-state index contributed by atoms with van der Waals surface area (Å²) in [4.78, 5) is 2.50. The van der Waals surface area contributed by atoms with E-state index in [9.17, 15) is 0 Å². The first-order valence-corrected chi connectivity index (χ1v) is 6.57. The molecule has 1 heterocycles. The van der Waals surface area contributed by atoms with Crippen LogP contribution in [0, 0.1) is 5.41 Å². The molecule has 0 saturated carbocycles. The number of halogens is 2. The third-order valence-corrected chi connectivity index (χ3v) is 3.98. The van der Waals surface area contributed by atoms with Gasteiger partial charge in [0.2, 0.25) is 0 Å². The predicted octanol–water partition coefficient (Wildman–Crippen LogP) is 3.04. The van der Waals surface area contributed by atoms with E-state index in [0.717, 1.165) is 24.1 Å². The maximum atomic E-state index is 5.81. The van der Waals surface area contributed by atoms with Crippen LogP contribution >= 0.6 is 28.3 Å². The molecule has 17 heavy (non-hydrogen) atoms. The normalized spacial score (nSPS) is 24.6. The van der Waals surface area contributed by atoms with Crippen LogP contribution in [0.25, 0.3) is 0 Å². The van der Waals surface area contributed by atoms with Crippen LogP contribution in [0.15, 0.2) is 28.7 Å². The molecule has 1 unspecified atom stereocenters. The van der Waals surface area contributed by atoms with Gasteiger partial charge in [0.25, 0.3) is 0 Å². The lowest BCUT2D eigenvalue weighted by Crippen LogP contribution is -2.31. The zero-order chi connectivity index (χ0) is 11.6. The van der Waals surface area contributed by atoms with E-state index in [0.29, 0.717) is 5.41 Å². The van der Waals surface area contributed by atoms with Gasteiger partial charge in [-0.25, -0.2) is 0 Å². The van der Waals surface area contributed by atoms with Gasteiger partial charge in [-0.15, -0.1) is 12.4 Å². The molecule has 2 nitrogen and oxygen atoms in total. The molecule has 1 aliphatic heterocycles. The van der Waals surface area contributed by atoms with E-state index in [1.807, 2.05) is 0 Å². The maximum absolute atomic E-state index is 5.81. The standard InChI is InChI=1S/C13H19BrN2.ClH/c1-13(9-15)6-7-16(10-13)8-11-2-4-12(14)5-3-11;/h2-5H,6-10,15H2,1H3;1H. The highest BCUT2D eigenvalue weighted by atomic mass is 79.9. The minimum Gasteiger partial charge on any atom is -0.330 e. The first-order valence-electron chi connectivity index (χ1n) is 5.78. The Morgan fingerprint density at radius 2 is 2.00 bits per heavy atom. The number of benzene rings is 1. The van der Waals surface area contributed by atoms with Gasteiger partial charge in [0.05, 0.1) is 0 Å². The molecule has 0 spiro atoms. The zero-order valence-electron chi connectivity index (χ0n) is 10.2. The van der Waals surface area contributed by atoms with Gasteiger partial charge in [0, 0.05) is 17.6 Å². The highest BCUT2D eigenvalue weighted by Gasteiger charge is 2.32. The number of nitrogens with zero attached hydrogens (tertiary/aromatic N) is 1. The van der Waals surface area contributed by atoms with Crippen LogP contribution in [0.5, 0.6) is 0 Å². The molecule has 0 aliphatic carbocycles. The van der Waals surface area contributed by atoms with Gasteiger partial charge < -0.3 is 5.73 Å². The Morgan fingerprint density at radius 3 is 2.53 bits per heavy atom. The van der Waals surface area contributed by atoms with Gasteiger partial charge in [-0.1, -0.05) is 35.0 Å². The summed E-state index contributed by atoms with van der Waals surface area (Å²) in [6.07, 6.45) is 1.22. The second-order valence-electron chi connectivity index (χ2n) is 5.10. The molecule has 1 aromatic carbocycles. The van der Waals surface area contributed by atoms with Crippen molar-refractivity contribution in [1.82, 2.24) is 4.90 Å². The molecule has 1 aliphatic rings. The summed E-state index contributed by atoms with van der Waals surface area (Å²) < 4.78 is 1.14. The molecule has 1 saturated heterocycles. The Morgan fingerprint density at radius 1 is 1.35 bits per heavy atom. The molecule has 0 aromatic heterocycles. The van der Waals surface area contributed by atoms with E-state index >= 15 is 0 Å². The Hall–Kier alpha value is -0.0900. The quantitative estimate of drug-likeness (QED) is 0.928. The fourth-order valence-corrected chi connectivity index (χ4v) is 2.54. The monoisotopic (exact) mass is 318 g/mol. The third kappa shape index (κ3) is 3.95. The number of likely N-dealkylation sites (tertiary alicyclic amines) is 1. The van der Waals surface area contributed by atoms with Gasteiger partial charge in [-0.3, -0.25) is 4.90 Å². The first kappa shape index (κ1) is 15.0. The summed E-state index contributed by atoms with van der Waals surface area (Å²) in [5.74, 6) is 0. The molecule has 2 rings (SSSR count). The minimum absolute atomic E-state index is 0. The van der Waals surface area contributed by atoms with E-state index in [1.165, 1.54) is 18.5 Å². The molecular formula is C13H20BrClN2. The van der Waals surface area contributed by atoms with Crippen molar-refractivity contribution in [3.05, 3.63) is 34.3 Å². The van der Waals surface area contributed by atoms with Crippen LogP contribution in [0.1, 0.15) is 18.9 Å². The molecule has 1 fully saturated rings. The average molecular weight is 320 g/mol. The van der Waals surface area contributed by atoms with Gasteiger partial charge in [-0.05, 0) is 42.6 Å². The Balaban J connectivity index is 0.00000144. The van der Waals surface area contributed by atoms with E-state index in [2.05, 4.69) is 52.0 Å². The molecule has 1 atom stereocenters. The Kier molecular flexibility index (Phi) is 5.45. The summed E-state index contributed by atoms with van der Waals surface area (Å²) in [5, 5.41) is 0. The highest BCUT2D eigenvalue weighted by Crippen LogP contribution is 2.29. The SMILES string of the molecule is CC1(CN)CCN(Cc2ccc(Br)cc2)C1.Cl. The van der Waals surface area contributed by atoms with Crippen molar-refractivity contribution in [3.8, 4) is 0 Å². The maximum Gasteiger partial charge on any atom is 0.0233 e. The summed E-state index contributed by atoms with van der Waals surface area (Å²) in [6, 6.07) is 8.57. The van der Waals surface area contributed by atoms with Crippen molar-refractivity contribution in [1.29, 1.82) is 0 Å². The van der Waals surface area contributed by atoms with Crippen molar-refractivity contribution in [2.24, 2.45) is 11.1 Å². The van der Waals surface area contributed by atoms with Crippen LogP contribution in [0.2, 0.25) is 0 Å². The van der Waals surface area contributed by atoms with E-state index in [-0.39, 0.29) is 12.4 Å². The van der Waals surface area contributed by atoms with Crippen LogP contribution in [-0.2, 0) is 6.54 Å². The lowest BCUT2D eigenvalue weighted by molar-refractivity contribution is 0.274. The lowest BCUT2D eigenvalue weighted by Gasteiger charge is -2.22. The molecular weight excluding hydrogens is 300 g/mol. The smallest absolute Gasteiger partial charge is 0.0233 e. The molecule has 4 heteroatoms. The predicted molar refractivity (Wildman–Crippen MR) is 78.4 cm³/mol. The van der Waals surface area contributed by atoms with Crippen LogP contribution in [-0.4, -0.2) is 24.5 Å². The molecule has 0 amide bonds. The summed E-state index contributed by atoms with van der Waals surface area (Å²) in [5.41, 5.74) is 7.52. The molecule has 0 bridgehead atoms. The van der Waals surface area contributed by atoms with Gasteiger partial charge >= 0.3 is 0 Å². The zero-order valence-corrected chi connectivity index (χ0v) is 12.6. The van der Waals surface area contributed by atoms with Gasteiger partial charge in [0.1, 0.15) is 0 Å². The minimum atomic E-state index is 0. The van der Waals surface area contributed by atoms with Crippen molar-refractivity contribution >= 4 is 28.3 Å². The van der Waals surface area contributed by atoms with E-state index in [4.69, 9.17) is 5.73 Å². The average Bonchev–Trinajstić information content (AvgIpc) is 2.65. The first-order chi connectivity index (χ1) is 7.61. The van der Waals surface area contributed by atoms with Crippen molar-refractivity contribution in [3.63, 3.8) is 0 Å². The Bertz CT molecular complexity index is 355. The van der Waals surface area contributed by atoms with Crippen molar-refractivity contribution in [2.75, 3.05) is 19.6 Å². The van der Waals surface area contributed by atoms with E-state index in [1.54, 1.807) is 0 Å². The second-order valence-corrected chi connectivity index (χ2v) is 6.02. The molecule has 96 valence electrons. The van der Waals surface area contributed by atoms with Gasteiger partial charge in [-0.2, -0.15) is 0 Å². The molecule has 2 N–H and O–H groups in total. The second kappa shape index (κ2) is 6.19. The van der Waals surface area contributed by atoms with Crippen LogP contribution < -0.4 is 5.73 Å². The fourth-order valence-electron chi connectivity index (χ4n) is 2.28. The molecule has 0 radical (unpaired) electrons. The third-order valence-electron chi connectivity index (χ3n) is 3.45. The summed E-state index contributed by atoms with van der Waals surface area (Å²) >= 11 is 3.46. The number of rotatable bonds is 3. The van der Waals surface area contributed by atoms with Gasteiger partial charge in [0.15, 0.2) is 0 Å². The summed E-state index contributed by atoms with van der Waals surface area (Å²) in [7, 11) is 0. The van der Waals surface area contributed by atoms with Crippen LogP contribution in [0.4, 0.5) is 0 Å². The largest absolute Gasteiger partial charge is 0.330 e. The van der Waals surface area contributed by atoms with Crippen LogP contribution in [0.3, 0.4) is 0 Å². The number of nitrogens with two attached hydrogens (primary N) is 1. The topological polar surface area (TPSA) is 29.3 Å². The Labute approximate surface area is 118 Å². The summed E-state index contributed by atoms with van der Waals surface area (Å²) in [6.45, 7) is 6.42. The van der Waals surface area contributed by atoms with Crippen molar-refractivity contribution in [2.45, 2.75) is 19.9 Å². The number of hydrogen-bond acceptors (Lipinski definition) is 2.